The number of ether oxygens (including phenoxy) is 2. The number of nitriles is 1. The summed E-state index contributed by atoms with van der Waals surface area (Å²) >= 11 is 0. The molecule has 0 saturated heterocycles. The molecule has 1 aliphatic rings. The summed E-state index contributed by atoms with van der Waals surface area (Å²) in [7, 11) is 1.64. The number of hydrogen-bond donors (Lipinski definition) is 1. The Bertz CT molecular complexity index is 223. The van der Waals surface area contributed by atoms with E-state index < -0.39 is 5.54 Å². The van der Waals surface area contributed by atoms with E-state index >= 15 is 0 Å². The molecular formula is C11H20N2O2. The molecule has 1 fully saturated rings. The summed E-state index contributed by atoms with van der Waals surface area (Å²) in [6.45, 7) is 4.42. The molecular weight excluding hydrogens is 192 g/mol. The van der Waals surface area contributed by atoms with E-state index in [0.29, 0.717) is 25.7 Å². The molecule has 0 amide bonds. The molecule has 0 aromatic carbocycles. The van der Waals surface area contributed by atoms with Crippen molar-refractivity contribution in [2.75, 3.05) is 33.5 Å². The van der Waals surface area contributed by atoms with Gasteiger partial charge in [0.05, 0.1) is 25.9 Å². The Labute approximate surface area is 91.6 Å². The lowest BCUT2D eigenvalue weighted by molar-refractivity contribution is 0.0414. The van der Waals surface area contributed by atoms with Gasteiger partial charge in [-0.05, 0) is 25.3 Å². The van der Waals surface area contributed by atoms with Gasteiger partial charge in [0.15, 0.2) is 0 Å². The normalized spacial score (nSPS) is 19.5. The van der Waals surface area contributed by atoms with E-state index in [1.165, 1.54) is 0 Å². The fourth-order valence-corrected chi connectivity index (χ4v) is 1.74. The second kappa shape index (κ2) is 6.06. The minimum atomic E-state index is -0.470. The van der Waals surface area contributed by atoms with E-state index in [4.69, 9.17) is 9.47 Å². The van der Waals surface area contributed by atoms with Crippen LogP contribution in [0, 0.1) is 17.2 Å². The van der Waals surface area contributed by atoms with Crippen LogP contribution < -0.4 is 5.32 Å². The summed E-state index contributed by atoms with van der Waals surface area (Å²) in [5.41, 5.74) is -0.470. The molecule has 0 aliphatic heterocycles. The van der Waals surface area contributed by atoms with Crippen molar-refractivity contribution in [3.05, 3.63) is 0 Å². The van der Waals surface area contributed by atoms with Gasteiger partial charge in [-0.15, -0.1) is 0 Å². The third-order valence-electron chi connectivity index (χ3n) is 2.73. The van der Waals surface area contributed by atoms with Crippen molar-refractivity contribution < 1.29 is 9.47 Å². The van der Waals surface area contributed by atoms with Gasteiger partial charge in [0.25, 0.3) is 0 Å². The Morgan fingerprint density at radius 3 is 2.67 bits per heavy atom. The van der Waals surface area contributed by atoms with Gasteiger partial charge >= 0.3 is 0 Å². The van der Waals surface area contributed by atoms with E-state index in [0.717, 1.165) is 19.4 Å². The van der Waals surface area contributed by atoms with Gasteiger partial charge in [-0.1, -0.05) is 6.92 Å². The van der Waals surface area contributed by atoms with Gasteiger partial charge in [-0.25, -0.2) is 0 Å². The van der Waals surface area contributed by atoms with Crippen LogP contribution in [0.3, 0.4) is 0 Å². The van der Waals surface area contributed by atoms with Gasteiger partial charge in [-0.2, -0.15) is 5.26 Å². The minimum absolute atomic E-state index is 0.463. The molecule has 1 rings (SSSR count). The molecule has 4 nitrogen and oxygen atoms in total. The number of hydrogen-bond acceptors (Lipinski definition) is 4. The van der Waals surface area contributed by atoms with E-state index in [1.54, 1.807) is 7.11 Å². The third-order valence-corrected chi connectivity index (χ3v) is 2.73. The lowest BCUT2D eigenvalue weighted by Crippen LogP contribution is -2.50. The second-order valence-corrected chi connectivity index (χ2v) is 3.93. The summed E-state index contributed by atoms with van der Waals surface area (Å²) in [6, 6.07) is 2.38. The fourth-order valence-electron chi connectivity index (χ4n) is 1.74. The van der Waals surface area contributed by atoms with Crippen molar-refractivity contribution in [2.45, 2.75) is 25.3 Å². The largest absolute Gasteiger partial charge is 0.382 e. The number of nitrogens with one attached hydrogen (secondary N) is 1. The first-order valence-corrected chi connectivity index (χ1v) is 5.52. The smallest absolute Gasteiger partial charge is 0.133 e. The predicted octanol–water partition coefficient (Wildman–Crippen LogP) is 0.931. The molecule has 15 heavy (non-hydrogen) atoms. The Balaban J connectivity index is 2.38. The number of nitrogens with zero attached hydrogens (tertiary/aromatic N) is 1. The van der Waals surface area contributed by atoms with Crippen molar-refractivity contribution in [2.24, 2.45) is 5.92 Å². The average molecular weight is 212 g/mol. The van der Waals surface area contributed by atoms with Gasteiger partial charge in [0.2, 0.25) is 0 Å². The molecule has 0 aromatic rings. The van der Waals surface area contributed by atoms with Crippen LogP contribution in [0.1, 0.15) is 19.8 Å². The number of methoxy groups -OCH3 is 1. The highest BCUT2D eigenvalue weighted by Crippen LogP contribution is 2.39. The summed E-state index contributed by atoms with van der Waals surface area (Å²) in [5.74, 6) is 0.463. The lowest BCUT2D eigenvalue weighted by Gasteiger charge is -2.27. The molecule has 0 spiro atoms. The fraction of sp³-hybridized carbons (Fsp3) is 0.909. The lowest BCUT2D eigenvalue weighted by atomic mass is 9.96. The molecule has 86 valence electrons. The van der Waals surface area contributed by atoms with E-state index in [1.807, 2.05) is 6.92 Å². The van der Waals surface area contributed by atoms with Crippen LogP contribution in [-0.2, 0) is 9.47 Å². The Morgan fingerprint density at radius 1 is 1.47 bits per heavy atom. The molecule has 1 atom stereocenters. The highest BCUT2D eigenvalue weighted by Gasteiger charge is 2.45. The van der Waals surface area contributed by atoms with Crippen LogP contribution in [-0.4, -0.2) is 39.0 Å². The second-order valence-electron chi connectivity index (χ2n) is 3.93. The van der Waals surface area contributed by atoms with Crippen LogP contribution in [0.5, 0.6) is 0 Å². The van der Waals surface area contributed by atoms with Gasteiger partial charge in [-0.3, -0.25) is 5.32 Å². The predicted molar refractivity (Wildman–Crippen MR) is 57.4 cm³/mol. The molecule has 0 bridgehead atoms. The van der Waals surface area contributed by atoms with Crippen molar-refractivity contribution in [3.63, 3.8) is 0 Å². The van der Waals surface area contributed by atoms with Crippen LogP contribution in [0.15, 0.2) is 0 Å². The van der Waals surface area contributed by atoms with Crippen LogP contribution in [0.25, 0.3) is 0 Å². The van der Waals surface area contributed by atoms with Gasteiger partial charge in [0.1, 0.15) is 5.54 Å². The molecule has 0 aromatic heterocycles. The summed E-state index contributed by atoms with van der Waals surface area (Å²) < 4.78 is 10.4. The zero-order valence-electron chi connectivity index (χ0n) is 9.58. The summed E-state index contributed by atoms with van der Waals surface area (Å²) in [5, 5.41) is 12.5. The average Bonchev–Trinajstić information content (AvgIpc) is 3.07. The molecule has 1 aliphatic carbocycles. The zero-order chi connectivity index (χ0) is 11.1. The van der Waals surface area contributed by atoms with Gasteiger partial charge < -0.3 is 9.47 Å². The molecule has 1 saturated carbocycles. The van der Waals surface area contributed by atoms with Crippen molar-refractivity contribution in [3.8, 4) is 6.07 Å². The highest BCUT2D eigenvalue weighted by atomic mass is 16.5. The SMILES string of the molecule is CCNC(C#N)(COCCOC)C1CC1. The molecule has 0 radical (unpaired) electrons. The summed E-state index contributed by atoms with van der Waals surface area (Å²) in [4.78, 5) is 0. The molecule has 0 heterocycles. The van der Waals surface area contributed by atoms with Crippen molar-refractivity contribution >= 4 is 0 Å². The van der Waals surface area contributed by atoms with E-state index in [2.05, 4.69) is 11.4 Å². The van der Waals surface area contributed by atoms with Gasteiger partial charge in [0, 0.05) is 7.11 Å². The maximum absolute atomic E-state index is 9.25. The first kappa shape index (κ1) is 12.4. The Kier molecular flexibility index (Phi) is 5.03. The summed E-state index contributed by atoms with van der Waals surface area (Å²) in [6.07, 6.45) is 2.27. The first-order chi connectivity index (χ1) is 7.29. The number of likely N-dealkylation sites (N-methyl/N-ethyl adjacent to an activating group) is 1. The monoisotopic (exact) mass is 212 g/mol. The minimum Gasteiger partial charge on any atom is -0.382 e. The highest BCUT2D eigenvalue weighted by molar-refractivity contribution is 5.15. The number of rotatable bonds is 8. The maximum atomic E-state index is 9.25. The molecule has 1 N–H and O–H groups in total. The van der Waals surface area contributed by atoms with Crippen LogP contribution >= 0.6 is 0 Å². The quantitative estimate of drug-likeness (QED) is 0.608. The standard InChI is InChI=1S/C11H20N2O2/c1-3-13-11(8-12,10-4-5-10)9-15-7-6-14-2/h10,13H,3-7,9H2,1-2H3. The van der Waals surface area contributed by atoms with Crippen LogP contribution in [0.2, 0.25) is 0 Å². The van der Waals surface area contributed by atoms with Crippen molar-refractivity contribution in [1.29, 1.82) is 5.26 Å². The first-order valence-electron chi connectivity index (χ1n) is 5.52. The Morgan fingerprint density at radius 2 is 2.20 bits per heavy atom. The Hall–Kier alpha value is -0.630. The van der Waals surface area contributed by atoms with Crippen LogP contribution in [0.4, 0.5) is 0 Å². The zero-order valence-corrected chi connectivity index (χ0v) is 9.58. The molecule has 1 unspecified atom stereocenters. The maximum Gasteiger partial charge on any atom is 0.133 e. The van der Waals surface area contributed by atoms with E-state index in [9.17, 15) is 5.26 Å². The topological polar surface area (TPSA) is 54.3 Å². The van der Waals surface area contributed by atoms with Crippen molar-refractivity contribution in [1.82, 2.24) is 5.32 Å². The third kappa shape index (κ3) is 3.45. The van der Waals surface area contributed by atoms with E-state index in [-0.39, 0.29) is 0 Å². The molecule has 4 heteroatoms.